The Kier molecular flexibility index (Phi) is 10.4. The van der Waals surface area contributed by atoms with Crippen LogP contribution in [0, 0.1) is 19.7 Å². The SMILES string of the molecule is CCCCCCC.Cc1ccc(C(=O)N=C(N)c2ccc(C(=O)O)c(F)c2)cc1C. The Morgan fingerprint density at radius 2 is 1.53 bits per heavy atom. The van der Waals surface area contributed by atoms with Crippen LogP contribution < -0.4 is 5.73 Å². The highest BCUT2D eigenvalue weighted by molar-refractivity contribution is 6.09. The van der Waals surface area contributed by atoms with E-state index in [1.54, 1.807) is 18.2 Å². The molecule has 30 heavy (non-hydrogen) atoms. The molecule has 6 heteroatoms. The van der Waals surface area contributed by atoms with Crippen molar-refractivity contribution in [1.82, 2.24) is 0 Å². The summed E-state index contributed by atoms with van der Waals surface area (Å²) in [6.07, 6.45) is 7.01. The third kappa shape index (κ3) is 7.78. The molecular weight excluding hydrogens is 383 g/mol. The zero-order chi connectivity index (χ0) is 22.7. The number of carboxylic acids is 1. The summed E-state index contributed by atoms with van der Waals surface area (Å²) in [5, 5.41) is 8.78. The van der Waals surface area contributed by atoms with Crippen LogP contribution in [0.15, 0.2) is 41.4 Å². The van der Waals surface area contributed by atoms with Crippen LogP contribution in [0.4, 0.5) is 4.39 Å². The molecule has 2 aromatic rings. The first-order chi connectivity index (χ1) is 14.2. The number of amides is 1. The van der Waals surface area contributed by atoms with Gasteiger partial charge in [-0.15, -0.1) is 0 Å². The number of amidine groups is 1. The van der Waals surface area contributed by atoms with Crippen LogP contribution in [0.3, 0.4) is 0 Å². The van der Waals surface area contributed by atoms with Gasteiger partial charge in [0.2, 0.25) is 0 Å². The largest absolute Gasteiger partial charge is 0.478 e. The van der Waals surface area contributed by atoms with E-state index in [2.05, 4.69) is 18.8 Å². The van der Waals surface area contributed by atoms with E-state index in [0.29, 0.717) is 5.56 Å². The Hall–Kier alpha value is -3.02. The minimum atomic E-state index is -1.38. The van der Waals surface area contributed by atoms with Crippen LogP contribution in [0.1, 0.15) is 83.4 Å². The van der Waals surface area contributed by atoms with E-state index in [9.17, 15) is 14.0 Å². The van der Waals surface area contributed by atoms with Gasteiger partial charge in [0.15, 0.2) is 0 Å². The molecule has 0 aliphatic heterocycles. The normalized spacial score (nSPS) is 10.9. The summed E-state index contributed by atoms with van der Waals surface area (Å²) in [6, 6.07) is 8.46. The van der Waals surface area contributed by atoms with Crippen molar-refractivity contribution >= 4 is 17.7 Å². The van der Waals surface area contributed by atoms with Gasteiger partial charge in [0.1, 0.15) is 11.7 Å². The van der Waals surface area contributed by atoms with Gasteiger partial charge in [-0.1, -0.05) is 58.1 Å². The van der Waals surface area contributed by atoms with E-state index in [-0.39, 0.29) is 11.4 Å². The fraction of sp³-hybridized carbons (Fsp3) is 0.375. The molecule has 2 aromatic carbocycles. The highest BCUT2D eigenvalue weighted by Gasteiger charge is 2.13. The zero-order valence-electron chi connectivity index (χ0n) is 18.2. The first-order valence-corrected chi connectivity index (χ1v) is 10.2. The van der Waals surface area contributed by atoms with Crippen molar-refractivity contribution < 1.29 is 19.1 Å². The third-order valence-corrected chi connectivity index (χ3v) is 4.68. The van der Waals surface area contributed by atoms with Crippen molar-refractivity contribution in [2.24, 2.45) is 10.7 Å². The van der Waals surface area contributed by atoms with Gasteiger partial charge in [0.25, 0.3) is 5.91 Å². The quantitative estimate of drug-likeness (QED) is 0.347. The van der Waals surface area contributed by atoms with E-state index >= 15 is 0 Å². The molecule has 0 radical (unpaired) electrons. The zero-order valence-corrected chi connectivity index (χ0v) is 18.2. The molecule has 0 saturated heterocycles. The van der Waals surface area contributed by atoms with Crippen LogP contribution in [0.2, 0.25) is 0 Å². The maximum atomic E-state index is 13.6. The summed E-state index contributed by atoms with van der Waals surface area (Å²) in [7, 11) is 0. The number of aliphatic imine (C=N–C) groups is 1. The number of carbonyl (C=O) groups is 2. The van der Waals surface area contributed by atoms with Crippen molar-refractivity contribution in [2.45, 2.75) is 59.8 Å². The van der Waals surface area contributed by atoms with Crippen LogP contribution in [-0.2, 0) is 0 Å². The number of carbonyl (C=O) groups excluding carboxylic acids is 1. The fourth-order valence-corrected chi connectivity index (χ4v) is 2.64. The number of benzene rings is 2. The Morgan fingerprint density at radius 1 is 0.933 bits per heavy atom. The number of hydrogen-bond donors (Lipinski definition) is 2. The summed E-state index contributed by atoms with van der Waals surface area (Å²) in [4.78, 5) is 26.6. The third-order valence-electron chi connectivity index (χ3n) is 4.68. The lowest BCUT2D eigenvalue weighted by atomic mass is 10.1. The number of carboxylic acid groups (broad SMARTS) is 1. The predicted octanol–water partition coefficient (Wildman–Crippen LogP) is 5.66. The molecule has 2 rings (SSSR count). The number of nitrogens with two attached hydrogens (primary N) is 1. The molecule has 0 bridgehead atoms. The number of nitrogens with zero attached hydrogens (tertiary/aromatic N) is 1. The minimum Gasteiger partial charge on any atom is -0.478 e. The second kappa shape index (κ2) is 12.5. The molecule has 0 fully saturated rings. The van der Waals surface area contributed by atoms with Gasteiger partial charge in [-0.3, -0.25) is 4.79 Å². The first kappa shape index (κ1) is 25.0. The van der Waals surface area contributed by atoms with E-state index in [4.69, 9.17) is 10.8 Å². The highest BCUT2D eigenvalue weighted by atomic mass is 19.1. The molecule has 162 valence electrons. The van der Waals surface area contributed by atoms with Crippen molar-refractivity contribution in [2.75, 3.05) is 0 Å². The first-order valence-electron chi connectivity index (χ1n) is 10.2. The van der Waals surface area contributed by atoms with Crippen LogP contribution in [-0.4, -0.2) is 22.8 Å². The van der Waals surface area contributed by atoms with Crippen LogP contribution in [0.5, 0.6) is 0 Å². The number of aromatic carboxylic acids is 1. The van der Waals surface area contributed by atoms with Crippen molar-refractivity contribution in [3.63, 3.8) is 0 Å². The van der Waals surface area contributed by atoms with Crippen LogP contribution in [0.25, 0.3) is 0 Å². The molecule has 3 N–H and O–H groups in total. The van der Waals surface area contributed by atoms with Gasteiger partial charge in [-0.25, -0.2) is 9.18 Å². The van der Waals surface area contributed by atoms with E-state index in [1.165, 1.54) is 38.2 Å². The fourth-order valence-electron chi connectivity index (χ4n) is 2.64. The van der Waals surface area contributed by atoms with Gasteiger partial charge in [0.05, 0.1) is 5.56 Å². The second-order valence-electron chi connectivity index (χ2n) is 7.16. The molecule has 0 heterocycles. The maximum Gasteiger partial charge on any atom is 0.338 e. The Balaban J connectivity index is 0.000000553. The molecule has 0 saturated carbocycles. The maximum absolute atomic E-state index is 13.6. The highest BCUT2D eigenvalue weighted by Crippen LogP contribution is 2.13. The molecule has 1 amide bonds. The average Bonchev–Trinajstić information content (AvgIpc) is 2.70. The van der Waals surface area contributed by atoms with E-state index in [0.717, 1.165) is 23.3 Å². The van der Waals surface area contributed by atoms with Crippen molar-refractivity contribution in [3.8, 4) is 0 Å². The van der Waals surface area contributed by atoms with Crippen molar-refractivity contribution in [3.05, 3.63) is 70.0 Å². The van der Waals surface area contributed by atoms with E-state index < -0.39 is 23.3 Å². The second-order valence-corrected chi connectivity index (χ2v) is 7.16. The Morgan fingerprint density at radius 3 is 2.03 bits per heavy atom. The average molecular weight is 415 g/mol. The standard InChI is InChI=1S/C17H15FN2O3.C7H16/c1-9-3-4-12(7-10(9)2)16(21)20-15(19)11-5-6-13(17(22)23)14(18)8-11;1-3-5-7-6-4-2/h3-8H,1-2H3,(H,22,23)(H2,19,20,21);3-7H2,1-2H3. The summed E-state index contributed by atoms with van der Waals surface area (Å²) in [5.41, 5.74) is 7.75. The van der Waals surface area contributed by atoms with Crippen molar-refractivity contribution in [1.29, 1.82) is 0 Å². The summed E-state index contributed by atoms with van der Waals surface area (Å²) in [6.45, 7) is 8.29. The van der Waals surface area contributed by atoms with Gasteiger partial charge in [0, 0.05) is 11.1 Å². The lowest BCUT2D eigenvalue weighted by Gasteiger charge is -2.04. The minimum absolute atomic E-state index is 0.143. The number of unbranched alkanes of at least 4 members (excludes halogenated alkanes) is 4. The Labute approximate surface area is 177 Å². The lowest BCUT2D eigenvalue weighted by Crippen LogP contribution is -2.17. The molecule has 0 spiro atoms. The smallest absolute Gasteiger partial charge is 0.338 e. The van der Waals surface area contributed by atoms with Gasteiger partial charge in [-0.2, -0.15) is 4.99 Å². The summed E-state index contributed by atoms with van der Waals surface area (Å²) >= 11 is 0. The molecule has 0 atom stereocenters. The van der Waals surface area contributed by atoms with Gasteiger partial charge in [-0.05, 0) is 49.2 Å². The molecule has 5 nitrogen and oxygen atoms in total. The van der Waals surface area contributed by atoms with Crippen LogP contribution >= 0.6 is 0 Å². The number of rotatable bonds is 7. The Bertz CT molecular complexity index is 903. The number of halogens is 1. The summed E-state index contributed by atoms with van der Waals surface area (Å²) < 4.78 is 13.6. The molecule has 0 unspecified atom stereocenters. The van der Waals surface area contributed by atoms with E-state index in [1.807, 2.05) is 13.8 Å². The molecular formula is C24H31FN2O3. The topological polar surface area (TPSA) is 92.8 Å². The number of hydrogen-bond acceptors (Lipinski definition) is 2. The van der Waals surface area contributed by atoms with Gasteiger partial charge >= 0.3 is 5.97 Å². The molecule has 0 aliphatic carbocycles. The summed E-state index contributed by atoms with van der Waals surface area (Å²) in [5.74, 6) is -3.04. The molecule has 0 aromatic heterocycles. The predicted molar refractivity (Wildman–Crippen MR) is 119 cm³/mol. The molecule has 0 aliphatic rings. The number of aryl methyl sites for hydroxylation is 2. The monoisotopic (exact) mass is 414 g/mol. The van der Waals surface area contributed by atoms with Gasteiger partial charge < -0.3 is 10.8 Å². The lowest BCUT2D eigenvalue weighted by molar-refractivity contribution is 0.0691.